The highest BCUT2D eigenvalue weighted by Crippen LogP contribution is 2.08. The predicted octanol–water partition coefficient (Wildman–Crippen LogP) is 1.30. The van der Waals surface area contributed by atoms with Crippen LogP contribution in [0.3, 0.4) is 0 Å². The summed E-state index contributed by atoms with van der Waals surface area (Å²) in [5.41, 5.74) is 0.436. The topological polar surface area (TPSA) is 51.2 Å². The third-order valence-electron chi connectivity index (χ3n) is 2.07. The summed E-state index contributed by atoms with van der Waals surface area (Å²) in [7, 11) is -3.30. The van der Waals surface area contributed by atoms with Gasteiger partial charge in [0.1, 0.15) is 5.25 Å². The molecular weight excluding hydrogens is 200 g/mol. The number of benzene rings is 1. The fraction of sp³-hybridized carbons (Fsp3) is 0.300. The Kier molecular flexibility index (Phi) is 3.06. The molecule has 3 nitrogen and oxygen atoms in total. The molecule has 0 aliphatic carbocycles. The second-order valence-corrected chi connectivity index (χ2v) is 5.57. The summed E-state index contributed by atoms with van der Waals surface area (Å²) >= 11 is 0. The third kappa shape index (κ3) is 2.42. The molecule has 1 atom stereocenters. The van der Waals surface area contributed by atoms with Crippen molar-refractivity contribution in [1.29, 1.82) is 0 Å². The molecule has 0 saturated carbocycles. The molecule has 0 saturated heterocycles. The van der Waals surface area contributed by atoms with Gasteiger partial charge in [-0.1, -0.05) is 30.3 Å². The summed E-state index contributed by atoms with van der Waals surface area (Å²) in [5, 5.41) is -0.968. The summed E-state index contributed by atoms with van der Waals surface area (Å²) in [6.07, 6.45) is 1.07. The van der Waals surface area contributed by atoms with Crippen LogP contribution >= 0.6 is 0 Å². The van der Waals surface area contributed by atoms with Crippen molar-refractivity contribution in [3.8, 4) is 0 Å². The third-order valence-corrected chi connectivity index (χ3v) is 3.57. The van der Waals surface area contributed by atoms with Crippen molar-refractivity contribution in [3.63, 3.8) is 0 Å². The van der Waals surface area contributed by atoms with Crippen LogP contribution in [-0.2, 0) is 9.84 Å². The standard InChI is InChI=1S/C10H12O3S/c1-8(14(2,12)13)10(11)9-6-4-3-5-7-9/h3-8H,1-2H3/t8-/m0/s1. The van der Waals surface area contributed by atoms with Crippen LogP contribution in [0.4, 0.5) is 0 Å². The fourth-order valence-corrected chi connectivity index (χ4v) is 1.56. The number of ketones is 1. The molecule has 1 aromatic carbocycles. The highest BCUT2D eigenvalue weighted by Gasteiger charge is 2.24. The van der Waals surface area contributed by atoms with Gasteiger partial charge in [0, 0.05) is 11.8 Å². The lowest BCUT2D eigenvalue weighted by atomic mass is 10.1. The Morgan fingerprint density at radius 1 is 1.21 bits per heavy atom. The van der Waals surface area contributed by atoms with E-state index in [1.165, 1.54) is 6.92 Å². The lowest BCUT2D eigenvalue weighted by Crippen LogP contribution is -2.26. The van der Waals surface area contributed by atoms with Gasteiger partial charge in [-0.05, 0) is 6.92 Å². The van der Waals surface area contributed by atoms with Crippen molar-refractivity contribution in [2.75, 3.05) is 6.26 Å². The summed E-state index contributed by atoms with van der Waals surface area (Å²) in [6.45, 7) is 1.41. The van der Waals surface area contributed by atoms with Crippen LogP contribution in [0.5, 0.6) is 0 Å². The monoisotopic (exact) mass is 212 g/mol. The molecule has 0 heterocycles. The van der Waals surface area contributed by atoms with E-state index in [1.807, 2.05) is 0 Å². The molecule has 14 heavy (non-hydrogen) atoms. The molecule has 0 amide bonds. The first kappa shape index (κ1) is 10.9. The van der Waals surface area contributed by atoms with Gasteiger partial charge in [-0.2, -0.15) is 0 Å². The van der Waals surface area contributed by atoms with Gasteiger partial charge in [0.05, 0.1) is 0 Å². The van der Waals surface area contributed by atoms with E-state index >= 15 is 0 Å². The van der Waals surface area contributed by atoms with Crippen LogP contribution in [0.2, 0.25) is 0 Å². The maximum Gasteiger partial charge on any atom is 0.180 e. The Morgan fingerprint density at radius 2 is 1.71 bits per heavy atom. The molecule has 0 unspecified atom stereocenters. The van der Waals surface area contributed by atoms with Crippen LogP contribution in [-0.4, -0.2) is 25.7 Å². The van der Waals surface area contributed by atoms with Crippen LogP contribution < -0.4 is 0 Å². The minimum absolute atomic E-state index is 0.354. The number of hydrogen-bond acceptors (Lipinski definition) is 3. The second-order valence-electron chi connectivity index (χ2n) is 3.20. The Labute approximate surface area is 83.7 Å². The van der Waals surface area contributed by atoms with Crippen molar-refractivity contribution >= 4 is 15.6 Å². The zero-order valence-corrected chi connectivity index (χ0v) is 8.91. The first-order valence-corrected chi connectivity index (χ1v) is 6.16. The maximum absolute atomic E-state index is 11.6. The van der Waals surface area contributed by atoms with Crippen molar-refractivity contribution in [2.45, 2.75) is 12.2 Å². The first-order valence-electron chi connectivity index (χ1n) is 4.21. The normalized spacial score (nSPS) is 13.6. The Balaban J connectivity index is 2.99. The van der Waals surface area contributed by atoms with Gasteiger partial charge >= 0.3 is 0 Å². The second kappa shape index (κ2) is 3.92. The number of carbonyl (C=O) groups excluding carboxylic acids is 1. The number of hydrogen-bond donors (Lipinski definition) is 0. The van der Waals surface area contributed by atoms with E-state index in [9.17, 15) is 13.2 Å². The van der Waals surface area contributed by atoms with Gasteiger partial charge in [0.25, 0.3) is 0 Å². The van der Waals surface area contributed by atoms with Gasteiger partial charge in [-0.25, -0.2) is 8.42 Å². The number of sulfone groups is 1. The zero-order chi connectivity index (χ0) is 10.8. The van der Waals surface area contributed by atoms with Crippen molar-refractivity contribution < 1.29 is 13.2 Å². The van der Waals surface area contributed by atoms with Crippen LogP contribution in [0.15, 0.2) is 30.3 Å². The number of carbonyl (C=O) groups is 1. The molecule has 0 spiro atoms. The highest BCUT2D eigenvalue weighted by atomic mass is 32.2. The summed E-state index contributed by atoms with van der Waals surface area (Å²) in [6, 6.07) is 8.43. The molecular formula is C10H12O3S. The lowest BCUT2D eigenvalue weighted by molar-refractivity contribution is 0.0991. The number of rotatable bonds is 3. The average molecular weight is 212 g/mol. The average Bonchev–Trinajstić information content (AvgIpc) is 2.15. The van der Waals surface area contributed by atoms with Crippen molar-refractivity contribution in [3.05, 3.63) is 35.9 Å². The Morgan fingerprint density at radius 3 is 2.14 bits per heavy atom. The van der Waals surface area contributed by atoms with E-state index < -0.39 is 15.1 Å². The van der Waals surface area contributed by atoms with Gasteiger partial charge < -0.3 is 0 Å². The van der Waals surface area contributed by atoms with E-state index in [-0.39, 0.29) is 5.78 Å². The lowest BCUT2D eigenvalue weighted by Gasteiger charge is -2.07. The predicted molar refractivity (Wildman–Crippen MR) is 55.1 cm³/mol. The molecule has 4 heteroatoms. The summed E-state index contributed by atoms with van der Waals surface area (Å²) in [5.74, 6) is -0.354. The van der Waals surface area contributed by atoms with E-state index in [1.54, 1.807) is 30.3 Å². The van der Waals surface area contributed by atoms with E-state index in [2.05, 4.69) is 0 Å². The van der Waals surface area contributed by atoms with Gasteiger partial charge in [-0.15, -0.1) is 0 Å². The smallest absolute Gasteiger partial charge is 0.180 e. The van der Waals surface area contributed by atoms with Crippen LogP contribution in [0.1, 0.15) is 17.3 Å². The van der Waals surface area contributed by atoms with Crippen LogP contribution in [0, 0.1) is 0 Å². The molecule has 0 radical (unpaired) electrons. The van der Waals surface area contributed by atoms with E-state index in [0.29, 0.717) is 5.56 Å². The summed E-state index contributed by atoms with van der Waals surface area (Å²) in [4.78, 5) is 11.6. The quantitative estimate of drug-likeness (QED) is 0.710. The number of Topliss-reactive ketones (excluding diaryl/α,β-unsaturated/α-hetero) is 1. The molecule has 0 bridgehead atoms. The highest BCUT2D eigenvalue weighted by molar-refractivity contribution is 7.92. The molecule has 1 aromatic rings. The zero-order valence-electron chi connectivity index (χ0n) is 8.10. The Hall–Kier alpha value is -1.16. The summed E-state index contributed by atoms with van der Waals surface area (Å²) < 4.78 is 22.3. The maximum atomic E-state index is 11.6. The molecule has 0 aliphatic heterocycles. The fourth-order valence-electron chi connectivity index (χ4n) is 1.03. The molecule has 0 aliphatic rings. The molecule has 1 rings (SSSR count). The molecule has 0 fully saturated rings. The van der Waals surface area contributed by atoms with Gasteiger partial charge in [-0.3, -0.25) is 4.79 Å². The van der Waals surface area contributed by atoms with Gasteiger partial charge in [0.15, 0.2) is 15.6 Å². The molecule has 76 valence electrons. The Bertz CT molecular complexity index is 420. The SMILES string of the molecule is C[C@@H](C(=O)c1ccccc1)S(C)(=O)=O. The van der Waals surface area contributed by atoms with E-state index in [4.69, 9.17) is 0 Å². The molecule has 0 N–H and O–H groups in total. The van der Waals surface area contributed by atoms with Crippen LogP contribution in [0.25, 0.3) is 0 Å². The minimum atomic E-state index is -3.30. The molecule has 0 aromatic heterocycles. The van der Waals surface area contributed by atoms with Crippen molar-refractivity contribution in [2.24, 2.45) is 0 Å². The largest absolute Gasteiger partial charge is 0.293 e. The minimum Gasteiger partial charge on any atom is -0.293 e. The van der Waals surface area contributed by atoms with Gasteiger partial charge in [0.2, 0.25) is 0 Å². The first-order chi connectivity index (χ1) is 6.43. The van der Waals surface area contributed by atoms with Crippen molar-refractivity contribution in [1.82, 2.24) is 0 Å². The van der Waals surface area contributed by atoms with E-state index in [0.717, 1.165) is 6.26 Å².